The fraction of sp³-hybridized carbons (Fsp3) is 0.533. The number of ether oxygens (including phenoxy) is 2. The Morgan fingerprint density at radius 1 is 1.48 bits per heavy atom. The number of anilines is 1. The summed E-state index contributed by atoms with van der Waals surface area (Å²) in [6.45, 7) is 4.07. The molecule has 0 saturated carbocycles. The smallest absolute Gasteiger partial charge is 0.143 e. The fourth-order valence-electron chi connectivity index (χ4n) is 2.34. The largest absolute Gasteiger partial charge is 0.495 e. The number of nitriles is 1. The van der Waals surface area contributed by atoms with Crippen molar-refractivity contribution in [2.24, 2.45) is 0 Å². The third-order valence-corrected chi connectivity index (χ3v) is 3.45. The van der Waals surface area contributed by atoms with Crippen molar-refractivity contribution in [1.29, 1.82) is 5.26 Å². The van der Waals surface area contributed by atoms with Crippen LogP contribution in [0.3, 0.4) is 0 Å². The van der Waals surface area contributed by atoms with Crippen molar-refractivity contribution in [1.82, 2.24) is 4.90 Å². The van der Waals surface area contributed by atoms with Crippen LogP contribution < -0.4 is 10.1 Å². The fourth-order valence-corrected chi connectivity index (χ4v) is 2.34. The zero-order valence-corrected chi connectivity index (χ0v) is 12.2. The van der Waals surface area contributed by atoms with Gasteiger partial charge in [0.15, 0.2) is 0 Å². The first kappa shape index (κ1) is 15.6. The molecule has 0 radical (unpaired) electrons. The molecule has 21 heavy (non-hydrogen) atoms. The highest BCUT2D eigenvalue weighted by Crippen LogP contribution is 2.27. The Hall–Kier alpha value is -1.81. The maximum atomic E-state index is 10.1. The lowest BCUT2D eigenvalue weighted by molar-refractivity contribution is 0.0171. The van der Waals surface area contributed by atoms with E-state index in [9.17, 15) is 5.11 Å². The van der Waals surface area contributed by atoms with Crippen molar-refractivity contribution >= 4 is 5.69 Å². The number of hydrogen-bond acceptors (Lipinski definition) is 6. The molecule has 1 aliphatic heterocycles. The van der Waals surface area contributed by atoms with Crippen LogP contribution in [0, 0.1) is 11.3 Å². The van der Waals surface area contributed by atoms with Crippen LogP contribution in [0.25, 0.3) is 0 Å². The third kappa shape index (κ3) is 4.33. The predicted molar refractivity (Wildman–Crippen MR) is 79.5 cm³/mol. The number of hydrogen-bond donors (Lipinski definition) is 2. The minimum Gasteiger partial charge on any atom is -0.495 e. The Morgan fingerprint density at radius 3 is 2.90 bits per heavy atom. The van der Waals surface area contributed by atoms with E-state index in [1.807, 2.05) is 0 Å². The Balaban J connectivity index is 1.91. The van der Waals surface area contributed by atoms with Crippen molar-refractivity contribution in [2.75, 3.05) is 51.8 Å². The van der Waals surface area contributed by atoms with Gasteiger partial charge in [-0.25, -0.2) is 0 Å². The summed E-state index contributed by atoms with van der Waals surface area (Å²) in [5, 5.41) is 22.4. The van der Waals surface area contributed by atoms with Crippen LogP contribution >= 0.6 is 0 Å². The second-order valence-corrected chi connectivity index (χ2v) is 4.94. The third-order valence-electron chi connectivity index (χ3n) is 3.45. The van der Waals surface area contributed by atoms with E-state index < -0.39 is 6.10 Å². The Labute approximate surface area is 124 Å². The van der Waals surface area contributed by atoms with E-state index in [4.69, 9.17) is 14.7 Å². The second-order valence-electron chi connectivity index (χ2n) is 4.94. The van der Waals surface area contributed by atoms with Gasteiger partial charge in [0.05, 0.1) is 37.7 Å². The van der Waals surface area contributed by atoms with Crippen LogP contribution in [-0.4, -0.2) is 62.6 Å². The molecule has 0 bridgehead atoms. The van der Waals surface area contributed by atoms with Crippen LogP contribution in [0.5, 0.6) is 5.75 Å². The van der Waals surface area contributed by atoms with Crippen LogP contribution in [0.4, 0.5) is 5.69 Å². The molecule has 1 aromatic rings. The van der Waals surface area contributed by atoms with Crippen LogP contribution in [0.1, 0.15) is 5.56 Å². The van der Waals surface area contributed by atoms with Gasteiger partial charge in [0.2, 0.25) is 0 Å². The molecule has 1 saturated heterocycles. The number of para-hydroxylation sites is 1. The SMILES string of the molecule is COc1cccc(C#N)c1NCC(O)CN1CCOCC1. The van der Waals surface area contributed by atoms with Gasteiger partial charge in [-0.15, -0.1) is 0 Å². The number of aliphatic hydroxyl groups excluding tert-OH is 1. The number of morpholine rings is 1. The Bertz CT molecular complexity index is 495. The van der Waals surface area contributed by atoms with E-state index in [0.717, 1.165) is 13.1 Å². The summed E-state index contributed by atoms with van der Waals surface area (Å²) in [5.74, 6) is 0.604. The molecule has 6 heteroatoms. The molecule has 1 heterocycles. The summed E-state index contributed by atoms with van der Waals surface area (Å²) in [6.07, 6.45) is -0.514. The second kappa shape index (κ2) is 7.84. The summed E-state index contributed by atoms with van der Waals surface area (Å²) in [5.41, 5.74) is 1.14. The van der Waals surface area contributed by atoms with Gasteiger partial charge in [0.25, 0.3) is 0 Å². The lowest BCUT2D eigenvalue weighted by Gasteiger charge is -2.28. The molecule has 114 valence electrons. The number of rotatable bonds is 6. The standard InChI is InChI=1S/C15H21N3O3/c1-20-14-4-2-3-12(9-16)15(14)17-10-13(19)11-18-5-7-21-8-6-18/h2-4,13,17,19H,5-8,10-11H2,1H3. The summed E-state index contributed by atoms with van der Waals surface area (Å²) in [7, 11) is 1.56. The molecular formula is C15H21N3O3. The normalized spacial score (nSPS) is 17.0. The van der Waals surface area contributed by atoms with E-state index >= 15 is 0 Å². The molecule has 0 aromatic heterocycles. The topological polar surface area (TPSA) is 77.8 Å². The van der Waals surface area contributed by atoms with Gasteiger partial charge in [-0.3, -0.25) is 4.90 Å². The van der Waals surface area contributed by atoms with E-state index in [-0.39, 0.29) is 0 Å². The summed E-state index contributed by atoms with van der Waals surface area (Å²) >= 11 is 0. The molecule has 1 unspecified atom stereocenters. The number of methoxy groups -OCH3 is 1. The van der Waals surface area contributed by atoms with Crippen LogP contribution in [0.2, 0.25) is 0 Å². The number of benzene rings is 1. The van der Waals surface area contributed by atoms with Gasteiger partial charge in [-0.05, 0) is 12.1 Å². The van der Waals surface area contributed by atoms with Gasteiger partial charge in [-0.1, -0.05) is 6.07 Å². The maximum Gasteiger partial charge on any atom is 0.143 e. The minimum atomic E-state index is -0.514. The highest BCUT2D eigenvalue weighted by molar-refractivity contribution is 5.66. The monoisotopic (exact) mass is 291 g/mol. The lowest BCUT2D eigenvalue weighted by atomic mass is 10.1. The van der Waals surface area contributed by atoms with Gasteiger partial charge in [-0.2, -0.15) is 5.26 Å². The highest BCUT2D eigenvalue weighted by atomic mass is 16.5. The van der Waals surface area contributed by atoms with Crippen molar-refractivity contribution < 1.29 is 14.6 Å². The average molecular weight is 291 g/mol. The summed E-state index contributed by atoms with van der Waals surface area (Å²) in [6, 6.07) is 7.41. The summed E-state index contributed by atoms with van der Waals surface area (Å²) in [4.78, 5) is 2.17. The quantitative estimate of drug-likeness (QED) is 0.802. The molecule has 0 amide bonds. The molecule has 0 aliphatic carbocycles. The predicted octanol–water partition coefficient (Wildman–Crippen LogP) is 0.672. The van der Waals surface area contributed by atoms with Crippen molar-refractivity contribution in [3.63, 3.8) is 0 Å². The molecule has 1 aliphatic rings. The first-order valence-electron chi connectivity index (χ1n) is 7.03. The zero-order valence-electron chi connectivity index (χ0n) is 12.2. The highest BCUT2D eigenvalue weighted by Gasteiger charge is 2.16. The summed E-state index contributed by atoms with van der Waals surface area (Å²) < 4.78 is 10.5. The maximum absolute atomic E-state index is 10.1. The molecule has 1 fully saturated rings. The number of aliphatic hydroxyl groups is 1. The number of β-amino-alcohol motifs (C(OH)–C–C–N with tert-alkyl or cyclic N) is 1. The first-order valence-corrected chi connectivity index (χ1v) is 7.03. The Morgan fingerprint density at radius 2 is 2.24 bits per heavy atom. The number of nitrogens with zero attached hydrogens (tertiary/aromatic N) is 2. The van der Waals surface area contributed by atoms with E-state index in [1.54, 1.807) is 25.3 Å². The minimum absolute atomic E-state index is 0.367. The van der Waals surface area contributed by atoms with E-state index in [0.29, 0.717) is 43.3 Å². The van der Waals surface area contributed by atoms with Crippen molar-refractivity contribution in [3.8, 4) is 11.8 Å². The number of nitrogens with one attached hydrogen (secondary N) is 1. The van der Waals surface area contributed by atoms with Crippen molar-refractivity contribution in [2.45, 2.75) is 6.10 Å². The van der Waals surface area contributed by atoms with Gasteiger partial charge >= 0.3 is 0 Å². The molecule has 0 spiro atoms. The zero-order chi connectivity index (χ0) is 15.1. The van der Waals surface area contributed by atoms with Crippen LogP contribution in [0.15, 0.2) is 18.2 Å². The van der Waals surface area contributed by atoms with Gasteiger partial charge < -0.3 is 19.9 Å². The molecule has 1 atom stereocenters. The van der Waals surface area contributed by atoms with E-state index in [1.165, 1.54) is 0 Å². The van der Waals surface area contributed by atoms with Gasteiger partial charge in [0.1, 0.15) is 11.8 Å². The average Bonchev–Trinajstić information content (AvgIpc) is 2.53. The van der Waals surface area contributed by atoms with Crippen molar-refractivity contribution in [3.05, 3.63) is 23.8 Å². The van der Waals surface area contributed by atoms with Gasteiger partial charge in [0, 0.05) is 26.2 Å². The molecule has 6 nitrogen and oxygen atoms in total. The molecule has 1 aromatic carbocycles. The molecule has 2 N–H and O–H groups in total. The van der Waals surface area contributed by atoms with Crippen LogP contribution in [-0.2, 0) is 4.74 Å². The first-order chi connectivity index (χ1) is 10.2. The van der Waals surface area contributed by atoms with E-state index in [2.05, 4.69) is 16.3 Å². The Kier molecular flexibility index (Phi) is 5.81. The molecular weight excluding hydrogens is 270 g/mol. The lowest BCUT2D eigenvalue weighted by Crippen LogP contribution is -2.42. The molecule has 2 rings (SSSR count).